The smallest absolute Gasteiger partial charge is 0.512 e. The van der Waals surface area contributed by atoms with Crippen LogP contribution in [0.2, 0.25) is 0 Å². The Bertz CT molecular complexity index is 238. The van der Waals surface area contributed by atoms with Gasteiger partial charge in [0.2, 0.25) is 0 Å². The van der Waals surface area contributed by atoms with Crippen molar-refractivity contribution in [3.63, 3.8) is 0 Å². The quantitative estimate of drug-likeness (QED) is 0.188. The van der Waals surface area contributed by atoms with E-state index in [2.05, 4.69) is 0 Å². The van der Waals surface area contributed by atoms with E-state index in [1.54, 1.807) is 0 Å². The van der Waals surface area contributed by atoms with Crippen LogP contribution in [0.4, 0.5) is 0 Å². The average Bonchev–Trinajstić information content (AvgIpc) is 2.84. The van der Waals surface area contributed by atoms with Gasteiger partial charge in [-0.25, -0.2) is 0 Å². The van der Waals surface area contributed by atoms with Gasteiger partial charge in [-0.05, 0) is 0 Å². The second-order valence-corrected chi connectivity index (χ2v) is 0. The Morgan fingerprint density at radius 1 is 0.188 bits per heavy atom. The van der Waals surface area contributed by atoms with Crippen LogP contribution >= 0.6 is 0 Å². The maximum atomic E-state index is 6.25. The molecule has 0 atom stereocenters. The maximum Gasteiger partial charge on any atom is 3.00 e. The summed E-state index contributed by atoms with van der Waals surface area (Å²) in [4.78, 5) is 0. The molecule has 0 aromatic rings. The first-order chi connectivity index (χ1) is 12.0. The fourth-order valence-corrected chi connectivity index (χ4v) is 0. The number of rotatable bonds is 0. The Labute approximate surface area is 279 Å². The van der Waals surface area contributed by atoms with Crippen LogP contribution in [0.25, 0.3) is 0 Å². The fraction of sp³-hybridized carbons (Fsp3) is 0. The molecule has 0 rings (SSSR count). The Morgan fingerprint density at radius 3 is 0.188 bits per heavy atom. The van der Waals surface area contributed by atoms with Gasteiger partial charge in [0, 0.05) is 0 Å². The summed E-state index contributed by atoms with van der Waals surface area (Å²) in [5, 5.41) is 75.0. The van der Waals surface area contributed by atoms with E-state index in [0.717, 1.165) is 0 Å². The van der Waals surface area contributed by atoms with Crippen molar-refractivity contribution in [3.8, 4) is 0 Å². The van der Waals surface area contributed by atoms with Gasteiger partial charge in [0.05, 0.1) is 0 Å². The van der Waals surface area contributed by atoms with E-state index in [-0.39, 0.29) is 141 Å². The molecule has 0 aliphatic heterocycles. The Balaban J connectivity index is -0.00000000267. The summed E-state index contributed by atoms with van der Waals surface area (Å²) < 4.78 is 0. The van der Waals surface area contributed by atoms with Gasteiger partial charge in [0.25, 0.3) is 0 Å². The molecule has 0 unspecified atom stereocenters. The summed E-state index contributed by atoms with van der Waals surface area (Å²) in [7, 11) is 0. The summed E-state index contributed by atoms with van der Waals surface area (Å²) >= 11 is 0. The van der Waals surface area contributed by atoms with Crippen LogP contribution in [0.1, 0.15) is 0 Å². The molecule has 2 radical (unpaired) electrons. The van der Waals surface area contributed by atoms with Gasteiger partial charge in [-0.2, -0.15) is 0 Å². The molecule has 0 heterocycles. The van der Waals surface area contributed by atoms with Crippen molar-refractivity contribution in [1.82, 2.24) is 18.5 Å². The fourth-order valence-electron chi connectivity index (χ4n) is 0. The molecule has 0 bridgehead atoms. The van der Waals surface area contributed by atoms with E-state index in [1.165, 1.54) is 0 Å². The SMILES string of the molecule is [C-]#N.[C-]#N.[C-]#N.[C-]#N.[C-]#N.[C-]#N.[C-]#N.[C-]#N.[C-]#N.[C-]#N.[C-]#N.[C-]#N.[Fe+3].[Fe+3].[NH4+].[NH4+].[NH4+].[Na+].[Na+].[Na+]. The molecule has 0 saturated carbocycles. The predicted molar refractivity (Wildman–Crippen MR) is 77.6 cm³/mol. The predicted octanol–water partition coefficient (Wildman–Crippen LogP) is -6.71. The van der Waals surface area contributed by atoms with E-state index in [4.69, 9.17) is 142 Å². The van der Waals surface area contributed by atoms with Crippen LogP contribution in [0.15, 0.2) is 0 Å². The van der Waals surface area contributed by atoms with Gasteiger partial charge in [0.15, 0.2) is 0 Å². The summed E-state index contributed by atoms with van der Waals surface area (Å²) in [5.41, 5.74) is 0. The van der Waals surface area contributed by atoms with Gasteiger partial charge < -0.3 is 160 Å². The van der Waals surface area contributed by atoms with Gasteiger partial charge >= 0.3 is 123 Å². The van der Waals surface area contributed by atoms with Crippen LogP contribution in [0.3, 0.4) is 0 Å². The Hall–Kier alpha value is -2.20. The zero-order valence-corrected chi connectivity index (χ0v) is 26.3. The van der Waals surface area contributed by atoms with Crippen molar-refractivity contribution in [3.05, 3.63) is 78.9 Å². The van der Waals surface area contributed by atoms with Crippen LogP contribution in [-0.4, -0.2) is 0 Å². The molecule has 0 aliphatic carbocycles. The van der Waals surface area contributed by atoms with E-state index < -0.39 is 0 Å². The first-order valence-electron chi connectivity index (χ1n) is 2.68. The molecular weight excluding hydrogens is 535 g/mol. The Kier molecular flexibility index (Phi) is 37000. The third kappa shape index (κ3) is 4120. The molecule has 0 aromatic carbocycles. The van der Waals surface area contributed by atoms with Crippen molar-refractivity contribution >= 4 is 0 Å². The standard InChI is InChI=1S/12CN.2Fe.3H3N.3Na/c12*1-2;;;;;;;;/h;;;;;;;;;;;;;;3*1H3;;;/q12*-1;2*+3;;;;3*+1/p+3. The zero-order chi connectivity index (χ0) is 24.0. The molecule has 20 heteroatoms. The summed E-state index contributed by atoms with van der Waals surface area (Å²) in [5.74, 6) is 0. The van der Waals surface area contributed by atoms with E-state index in [9.17, 15) is 0 Å². The van der Waals surface area contributed by atoms with Crippen molar-refractivity contribution in [2.24, 2.45) is 0 Å². The minimum absolute atomic E-state index is 0. The number of hydrogen-bond donors (Lipinski definition) is 3. The van der Waals surface area contributed by atoms with Crippen LogP contribution in [0, 0.1) is 142 Å². The molecule has 32 heavy (non-hydrogen) atoms. The molecule has 15 nitrogen and oxygen atoms in total. The summed E-state index contributed by atoms with van der Waals surface area (Å²) in [6.07, 6.45) is 0. The molecule has 154 valence electrons. The first-order valence-corrected chi connectivity index (χ1v) is 2.68. The second kappa shape index (κ2) is 4590. The van der Waals surface area contributed by atoms with Crippen LogP contribution in [-0.2, 0) is 34.1 Å². The van der Waals surface area contributed by atoms with Gasteiger partial charge in [-0.1, -0.05) is 0 Å². The number of quaternary nitrogens is 3. The van der Waals surface area contributed by atoms with Crippen molar-refractivity contribution in [1.29, 1.82) is 63.1 Å². The monoisotopic (exact) mass is 547 g/mol. The summed E-state index contributed by atoms with van der Waals surface area (Å²) in [6.45, 7) is 57.0. The van der Waals surface area contributed by atoms with Crippen LogP contribution in [0.5, 0.6) is 0 Å². The van der Waals surface area contributed by atoms with E-state index >= 15 is 0 Å². The van der Waals surface area contributed by atoms with Crippen molar-refractivity contribution in [2.75, 3.05) is 0 Å². The van der Waals surface area contributed by atoms with E-state index in [0.29, 0.717) is 0 Å². The zero-order valence-electron chi connectivity index (χ0n) is 18.1. The molecular formula is C12H12Fe2N15Na3. The molecule has 0 aliphatic rings. The Morgan fingerprint density at radius 2 is 0.188 bits per heavy atom. The normalized spacial score (nSPS) is 0.750. The first kappa shape index (κ1) is 257. The largest absolute Gasteiger partial charge is 3.00 e. The minimum atomic E-state index is 0. The molecule has 0 spiro atoms. The molecule has 0 saturated heterocycles. The molecule has 0 fully saturated rings. The second-order valence-electron chi connectivity index (χ2n) is 0. The number of nitrogens with zero attached hydrogens (tertiary/aromatic N) is 12. The van der Waals surface area contributed by atoms with Crippen LogP contribution < -0.4 is 107 Å². The van der Waals surface area contributed by atoms with Crippen molar-refractivity contribution in [2.45, 2.75) is 0 Å². The minimum Gasteiger partial charge on any atom is -0.512 e. The van der Waals surface area contributed by atoms with Crippen molar-refractivity contribution < 1.29 is 123 Å². The van der Waals surface area contributed by atoms with Gasteiger partial charge in [-0.15, -0.1) is 0 Å². The topological polar surface area (TPSA) is 395 Å². The molecule has 0 aromatic heterocycles. The average molecular weight is 547 g/mol. The van der Waals surface area contributed by atoms with E-state index in [1.807, 2.05) is 0 Å². The van der Waals surface area contributed by atoms with Gasteiger partial charge in [-0.3, -0.25) is 0 Å². The maximum absolute atomic E-state index is 6.25. The van der Waals surface area contributed by atoms with Gasteiger partial charge in [0.1, 0.15) is 0 Å². The summed E-state index contributed by atoms with van der Waals surface area (Å²) in [6, 6.07) is 0. The molecule has 0 amide bonds. The third-order valence-corrected chi connectivity index (χ3v) is 0. The molecule has 12 N–H and O–H groups in total. The number of hydrogen-bond acceptors (Lipinski definition) is 12. The third-order valence-electron chi connectivity index (χ3n) is 0.